The summed E-state index contributed by atoms with van der Waals surface area (Å²) in [6, 6.07) is 8.82. The Bertz CT molecular complexity index is 1340. The van der Waals surface area contributed by atoms with Gasteiger partial charge in [-0.2, -0.15) is 5.26 Å². The number of sulfone groups is 2. The van der Waals surface area contributed by atoms with E-state index in [0.717, 1.165) is 18.4 Å². The minimum atomic E-state index is -4.37. The molecule has 0 saturated carbocycles. The first kappa shape index (κ1) is 23.6. The van der Waals surface area contributed by atoms with Gasteiger partial charge in [0.25, 0.3) is 0 Å². The van der Waals surface area contributed by atoms with Crippen LogP contribution in [0.25, 0.3) is 0 Å². The largest absolute Gasteiger partial charge is 0.490 e. The van der Waals surface area contributed by atoms with Crippen LogP contribution in [-0.4, -0.2) is 48.2 Å². The summed E-state index contributed by atoms with van der Waals surface area (Å²) in [5.74, 6) is -3.54. The minimum Gasteiger partial charge on any atom is -0.490 e. The molecule has 0 aliphatic carbocycles. The van der Waals surface area contributed by atoms with Gasteiger partial charge in [-0.05, 0) is 49.2 Å². The summed E-state index contributed by atoms with van der Waals surface area (Å²) >= 11 is 0. The van der Waals surface area contributed by atoms with Gasteiger partial charge in [-0.15, -0.1) is 0 Å². The van der Waals surface area contributed by atoms with Crippen LogP contribution in [0, 0.1) is 28.9 Å². The van der Waals surface area contributed by atoms with Gasteiger partial charge in [-0.3, -0.25) is 0 Å². The highest BCUT2D eigenvalue weighted by molar-refractivity contribution is 7.92. The summed E-state index contributed by atoms with van der Waals surface area (Å²) < 4.78 is 90.9. The third kappa shape index (κ3) is 3.90. The van der Waals surface area contributed by atoms with E-state index in [0.29, 0.717) is 0 Å². The van der Waals surface area contributed by atoms with Gasteiger partial charge in [-0.1, -0.05) is 0 Å². The molecule has 4 rings (SSSR count). The molecule has 0 spiro atoms. The van der Waals surface area contributed by atoms with E-state index in [1.165, 1.54) is 24.3 Å². The molecule has 1 saturated heterocycles. The highest BCUT2D eigenvalue weighted by atomic mass is 32.2. The van der Waals surface area contributed by atoms with Crippen LogP contribution in [0.4, 0.5) is 8.78 Å². The van der Waals surface area contributed by atoms with E-state index in [-0.39, 0.29) is 42.3 Å². The fourth-order valence-corrected chi connectivity index (χ4v) is 7.76. The molecule has 2 aliphatic heterocycles. The van der Waals surface area contributed by atoms with Gasteiger partial charge in [0.1, 0.15) is 20.4 Å². The fourth-order valence-electron chi connectivity index (χ4n) is 4.76. The molecule has 0 N–H and O–H groups in total. The van der Waals surface area contributed by atoms with Gasteiger partial charge in [0.15, 0.2) is 21.4 Å². The Balaban J connectivity index is 1.94. The zero-order valence-electron chi connectivity index (χ0n) is 17.6. The van der Waals surface area contributed by atoms with E-state index in [2.05, 4.69) is 0 Å². The van der Waals surface area contributed by atoms with Crippen LogP contribution in [0.5, 0.6) is 5.75 Å². The Morgan fingerprint density at radius 2 is 1.76 bits per heavy atom. The molecular formula is C22H21F2NO6S2. The fraction of sp³-hybridized carbons (Fsp3) is 0.409. The summed E-state index contributed by atoms with van der Waals surface area (Å²) in [6.07, 6.45) is -0.0220. The smallest absolute Gasteiger partial charge is 0.189 e. The van der Waals surface area contributed by atoms with Crippen molar-refractivity contribution >= 4 is 19.7 Å². The van der Waals surface area contributed by atoms with E-state index >= 15 is 4.39 Å². The molecule has 0 bridgehead atoms. The van der Waals surface area contributed by atoms with Gasteiger partial charge in [0, 0.05) is 18.8 Å². The number of hydrogen-bond acceptors (Lipinski definition) is 7. The summed E-state index contributed by atoms with van der Waals surface area (Å²) in [6.45, 7) is -0.396. The third-order valence-electron chi connectivity index (χ3n) is 6.29. The lowest BCUT2D eigenvalue weighted by atomic mass is 9.75. The molecule has 7 nitrogen and oxygen atoms in total. The Hall–Kier alpha value is -2.55. The summed E-state index contributed by atoms with van der Waals surface area (Å²) in [4.78, 5) is -0.160. The molecule has 0 radical (unpaired) electrons. The first-order valence-electron chi connectivity index (χ1n) is 10.2. The normalized spacial score (nSPS) is 24.8. The van der Waals surface area contributed by atoms with E-state index in [9.17, 15) is 21.2 Å². The second-order valence-corrected chi connectivity index (χ2v) is 12.7. The topological polar surface area (TPSA) is 111 Å². The Morgan fingerprint density at radius 3 is 2.39 bits per heavy atom. The quantitative estimate of drug-likeness (QED) is 0.625. The van der Waals surface area contributed by atoms with Crippen molar-refractivity contribution in [2.75, 3.05) is 25.2 Å². The lowest BCUT2D eigenvalue weighted by Crippen LogP contribution is -2.57. The Morgan fingerprint density at radius 1 is 1.09 bits per heavy atom. The van der Waals surface area contributed by atoms with Crippen LogP contribution in [0.15, 0.2) is 41.3 Å². The van der Waals surface area contributed by atoms with Crippen LogP contribution in [0.1, 0.15) is 24.0 Å². The molecule has 0 amide bonds. The number of fused-ring (bicyclic) bond motifs is 3. The monoisotopic (exact) mass is 497 g/mol. The number of ether oxygens (including phenoxy) is 2. The SMILES string of the molecule is CS(=O)(=O)CC[C@@H]1OCC[C@@]2(S(=O)(=O)c3ccc(C#N)cc3)c3c(F)ccc(F)c3OC[C@@H]12. The Labute approximate surface area is 190 Å². The van der Waals surface area contributed by atoms with E-state index in [4.69, 9.17) is 14.7 Å². The highest BCUT2D eigenvalue weighted by Crippen LogP contribution is 2.55. The van der Waals surface area contributed by atoms with Crippen LogP contribution in [0.3, 0.4) is 0 Å². The van der Waals surface area contributed by atoms with Crippen LogP contribution >= 0.6 is 0 Å². The second kappa shape index (κ2) is 8.34. The van der Waals surface area contributed by atoms with Crippen molar-refractivity contribution in [1.29, 1.82) is 5.26 Å². The summed E-state index contributed by atoms with van der Waals surface area (Å²) in [7, 11) is -7.76. The predicted octanol–water partition coefficient (Wildman–Crippen LogP) is 2.74. The van der Waals surface area contributed by atoms with Crippen molar-refractivity contribution in [1.82, 2.24) is 0 Å². The van der Waals surface area contributed by atoms with E-state index < -0.39 is 59.4 Å². The van der Waals surface area contributed by atoms with Crippen LogP contribution < -0.4 is 4.74 Å². The zero-order chi connectivity index (χ0) is 24.0. The molecule has 11 heteroatoms. The maximum Gasteiger partial charge on any atom is 0.189 e. The third-order valence-corrected chi connectivity index (χ3v) is 9.83. The van der Waals surface area contributed by atoms with Crippen molar-refractivity contribution < 1.29 is 35.1 Å². The minimum absolute atomic E-state index is 0.0240. The van der Waals surface area contributed by atoms with Crippen LogP contribution in [-0.2, 0) is 29.2 Å². The van der Waals surface area contributed by atoms with Gasteiger partial charge < -0.3 is 9.47 Å². The first-order chi connectivity index (χ1) is 15.5. The lowest BCUT2D eigenvalue weighted by molar-refractivity contribution is -0.0732. The molecule has 0 unspecified atom stereocenters. The number of benzene rings is 2. The molecule has 2 heterocycles. The molecular weight excluding hydrogens is 476 g/mol. The van der Waals surface area contributed by atoms with Gasteiger partial charge >= 0.3 is 0 Å². The number of rotatable bonds is 5. The maximum atomic E-state index is 15.2. The van der Waals surface area contributed by atoms with E-state index in [1.54, 1.807) is 0 Å². The van der Waals surface area contributed by atoms with Crippen molar-refractivity contribution in [3.8, 4) is 11.8 Å². The van der Waals surface area contributed by atoms with Crippen molar-refractivity contribution in [2.24, 2.45) is 5.92 Å². The number of nitrogens with zero attached hydrogens (tertiary/aromatic N) is 1. The molecule has 176 valence electrons. The summed E-state index contributed by atoms with van der Waals surface area (Å²) in [5.41, 5.74) is -0.165. The van der Waals surface area contributed by atoms with Gasteiger partial charge in [-0.25, -0.2) is 25.6 Å². The molecule has 0 aromatic heterocycles. The summed E-state index contributed by atoms with van der Waals surface area (Å²) in [5, 5.41) is 9.05. The second-order valence-electron chi connectivity index (χ2n) is 8.26. The van der Waals surface area contributed by atoms with Crippen LogP contribution in [0.2, 0.25) is 0 Å². The standard InChI is InChI=1S/C22H21F2NO6S2/c1-32(26,27)11-8-19-16-13-31-21-18(24)7-6-17(23)20(21)22(16,9-10-30-19)33(28,29)15-4-2-14(12-25)3-5-15/h2-7,16,19H,8-11,13H2,1H3/t16-,19-,22-/m0/s1. The first-order valence-corrected chi connectivity index (χ1v) is 13.7. The maximum absolute atomic E-state index is 15.2. The molecule has 33 heavy (non-hydrogen) atoms. The number of nitriles is 1. The van der Waals surface area contributed by atoms with Crippen molar-refractivity contribution in [3.63, 3.8) is 0 Å². The van der Waals surface area contributed by atoms with E-state index in [1.807, 2.05) is 6.07 Å². The number of halogens is 2. The molecule has 2 aromatic carbocycles. The molecule has 1 fully saturated rings. The van der Waals surface area contributed by atoms with Gasteiger partial charge in [0.05, 0.1) is 40.6 Å². The zero-order valence-corrected chi connectivity index (χ0v) is 19.3. The molecule has 3 atom stereocenters. The lowest BCUT2D eigenvalue weighted by Gasteiger charge is -2.50. The van der Waals surface area contributed by atoms with Gasteiger partial charge in [0.2, 0.25) is 0 Å². The van der Waals surface area contributed by atoms with Crippen molar-refractivity contribution in [2.45, 2.75) is 28.6 Å². The molecule has 2 aromatic rings. The predicted molar refractivity (Wildman–Crippen MR) is 114 cm³/mol. The average molecular weight is 498 g/mol. The van der Waals surface area contributed by atoms with Crippen molar-refractivity contribution in [3.05, 3.63) is 59.2 Å². The Kier molecular flexibility index (Phi) is 5.97. The molecule has 2 aliphatic rings. The number of hydrogen-bond donors (Lipinski definition) is 0. The average Bonchev–Trinajstić information content (AvgIpc) is 2.78. The highest BCUT2D eigenvalue weighted by Gasteiger charge is 2.61.